The fraction of sp³-hybridized carbons (Fsp3) is 0.250. The van der Waals surface area contributed by atoms with Crippen LogP contribution in [-0.2, 0) is 14.4 Å². The third-order valence-corrected chi connectivity index (χ3v) is 2.71. The molecule has 1 saturated heterocycles. The van der Waals surface area contributed by atoms with E-state index in [0.29, 0.717) is 0 Å². The lowest BCUT2D eigenvalue weighted by atomic mass is 10.3. The van der Waals surface area contributed by atoms with Gasteiger partial charge in [-0.2, -0.15) is 0 Å². The summed E-state index contributed by atoms with van der Waals surface area (Å²) in [7, 11) is 0. The number of para-hydroxylation sites is 2. The number of imide groups is 1. The molecule has 0 bridgehead atoms. The molecule has 9 nitrogen and oxygen atoms in total. The van der Waals surface area contributed by atoms with Gasteiger partial charge in [0.15, 0.2) is 12.4 Å². The predicted molar refractivity (Wildman–Crippen MR) is 68.3 cm³/mol. The molecule has 0 spiro atoms. The van der Waals surface area contributed by atoms with E-state index < -0.39 is 29.3 Å². The standard InChI is InChI=1S/C12H11N3O6/c16-10-5-14(6-11(17)13-10)12(18)7-21-9-4-2-1-3-8(9)15(19)20/h1-4H,5-7H2,(H,13,16,17). The third-order valence-electron chi connectivity index (χ3n) is 2.71. The van der Waals surface area contributed by atoms with Crippen LogP contribution in [-0.4, -0.2) is 47.2 Å². The second-order valence-electron chi connectivity index (χ2n) is 4.23. The predicted octanol–water partition coefficient (Wildman–Crippen LogP) is -0.541. The van der Waals surface area contributed by atoms with Gasteiger partial charge in [-0.3, -0.25) is 29.8 Å². The Balaban J connectivity index is 2.00. The van der Waals surface area contributed by atoms with Crippen molar-refractivity contribution in [3.63, 3.8) is 0 Å². The number of carbonyl (C=O) groups excluding carboxylic acids is 3. The second kappa shape index (κ2) is 5.99. The van der Waals surface area contributed by atoms with Crippen LogP contribution in [0.15, 0.2) is 24.3 Å². The van der Waals surface area contributed by atoms with Gasteiger partial charge in [-0.05, 0) is 6.07 Å². The molecule has 1 fully saturated rings. The molecule has 110 valence electrons. The van der Waals surface area contributed by atoms with Crippen molar-refractivity contribution in [1.29, 1.82) is 0 Å². The molecule has 9 heteroatoms. The van der Waals surface area contributed by atoms with Crippen molar-refractivity contribution in [2.24, 2.45) is 0 Å². The van der Waals surface area contributed by atoms with Gasteiger partial charge in [0.1, 0.15) is 13.1 Å². The van der Waals surface area contributed by atoms with Crippen LogP contribution in [0.4, 0.5) is 5.69 Å². The van der Waals surface area contributed by atoms with Crippen LogP contribution in [0, 0.1) is 10.1 Å². The lowest BCUT2D eigenvalue weighted by molar-refractivity contribution is -0.385. The Morgan fingerprint density at radius 3 is 2.52 bits per heavy atom. The number of piperazine rings is 1. The number of nitro groups is 1. The van der Waals surface area contributed by atoms with Crippen molar-refractivity contribution in [1.82, 2.24) is 10.2 Å². The molecule has 0 radical (unpaired) electrons. The molecule has 1 aliphatic heterocycles. The first-order chi connectivity index (χ1) is 9.97. The van der Waals surface area contributed by atoms with Gasteiger partial charge in [0.2, 0.25) is 11.8 Å². The highest BCUT2D eigenvalue weighted by Gasteiger charge is 2.27. The van der Waals surface area contributed by atoms with Crippen molar-refractivity contribution >= 4 is 23.4 Å². The van der Waals surface area contributed by atoms with Gasteiger partial charge in [0.05, 0.1) is 4.92 Å². The maximum Gasteiger partial charge on any atom is 0.310 e. The van der Waals surface area contributed by atoms with Gasteiger partial charge >= 0.3 is 5.69 Å². The molecule has 2 rings (SSSR count). The zero-order valence-electron chi connectivity index (χ0n) is 10.8. The Morgan fingerprint density at radius 2 is 1.90 bits per heavy atom. The topological polar surface area (TPSA) is 119 Å². The fourth-order valence-corrected chi connectivity index (χ4v) is 1.77. The number of rotatable bonds is 4. The molecule has 0 unspecified atom stereocenters. The normalized spacial score (nSPS) is 14.6. The summed E-state index contributed by atoms with van der Waals surface area (Å²) in [4.78, 5) is 45.3. The van der Waals surface area contributed by atoms with Crippen molar-refractivity contribution < 1.29 is 24.0 Å². The summed E-state index contributed by atoms with van der Waals surface area (Å²) in [5.41, 5.74) is -0.266. The zero-order valence-corrected chi connectivity index (χ0v) is 10.8. The van der Waals surface area contributed by atoms with E-state index in [0.717, 1.165) is 4.90 Å². The molecular formula is C12H11N3O6. The average molecular weight is 293 g/mol. The third kappa shape index (κ3) is 3.53. The second-order valence-corrected chi connectivity index (χ2v) is 4.23. The highest BCUT2D eigenvalue weighted by atomic mass is 16.6. The minimum Gasteiger partial charge on any atom is -0.477 e. The first-order valence-electron chi connectivity index (χ1n) is 5.94. The van der Waals surface area contributed by atoms with Crippen LogP contribution in [0.2, 0.25) is 0 Å². The molecule has 1 N–H and O–H groups in total. The van der Waals surface area contributed by atoms with Crippen LogP contribution in [0.5, 0.6) is 5.75 Å². The summed E-state index contributed by atoms with van der Waals surface area (Å²) in [6, 6.07) is 5.61. The molecule has 3 amide bonds. The molecule has 1 aromatic carbocycles. The number of amides is 3. The summed E-state index contributed by atoms with van der Waals surface area (Å²) in [5.74, 6) is -1.81. The molecule has 0 aromatic heterocycles. The summed E-state index contributed by atoms with van der Waals surface area (Å²) in [5, 5.41) is 12.8. The van der Waals surface area contributed by atoms with Crippen LogP contribution in [0.3, 0.4) is 0 Å². The van der Waals surface area contributed by atoms with Gasteiger partial charge in [0, 0.05) is 6.07 Å². The fourth-order valence-electron chi connectivity index (χ4n) is 1.77. The van der Waals surface area contributed by atoms with Gasteiger partial charge < -0.3 is 9.64 Å². The van der Waals surface area contributed by atoms with E-state index in [-0.39, 0.29) is 24.5 Å². The van der Waals surface area contributed by atoms with Crippen LogP contribution in [0.25, 0.3) is 0 Å². The van der Waals surface area contributed by atoms with Crippen molar-refractivity contribution in [2.75, 3.05) is 19.7 Å². The van der Waals surface area contributed by atoms with Gasteiger partial charge in [-0.15, -0.1) is 0 Å². The maximum atomic E-state index is 11.8. The number of benzene rings is 1. The Morgan fingerprint density at radius 1 is 1.29 bits per heavy atom. The lowest BCUT2D eigenvalue weighted by Crippen LogP contribution is -2.54. The molecule has 1 heterocycles. The van der Waals surface area contributed by atoms with E-state index in [1.807, 2.05) is 0 Å². The summed E-state index contributed by atoms with van der Waals surface area (Å²) in [6.07, 6.45) is 0. The zero-order chi connectivity index (χ0) is 15.4. The number of nitrogens with one attached hydrogen (secondary N) is 1. The molecule has 0 saturated carbocycles. The first-order valence-corrected chi connectivity index (χ1v) is 5.94. The van der Waals surface area contributed by atoms with E-state index >= 15 is 0 Å². The number of hydrogen-bond acceptors (Lipinski definition) is 6. The number of hydrogen-bond donors (Lipinski definition) is 1. The highest BCUT2D eigenvalue weighted by molar-refractivity contribution is 6.02. The molecule has 1 aromatic rings. The van der Waals surface area contributed by atoms with E-state index in [9.17, 15) is 24.5 Å². The van der Waals surface area contributed by atoms with Gasteiger partial charge in [0.25, 0.3) is 5.91 Å². The van der Waals surface area contributed by atoms with E-state index in [2.05, 4.69) is 5.32 Å². The molecule has 0 atom stereocenters. The number of nitro benzene ring substituents is 1. The Labute approximate surface area is 118 Å². The molecule has 0 aliphatic carbocycles. The Bertz CT molecular complexity index is 599. The molecule has 21 heavy (non-hydrogen) atoms. The minimum atomic E-state index is -0.627. The SMILES string of the molecule is O=C1CN(C(=O)COc2ccccc2[N+](=O)[O-])CC(=O)N1. The van der Waals surface area contributed by atoms with Crippen LogP contribution < -0.4 is 10.1 Å². The number of carbonyl (C=O) groups is 3. The smallest absolute Gasteiger partial charge is 0.310 e. The molecule has 1 aliphatic rings. The summed E-state index contributed by atoms with van der Waals surface area (Å²) >= 11 is 0. The highest BCUT2D eigenvalue weighted by Crippen LogP contribution is 2.25. The van der Waals surface area contributed by atoms with E-state index in [1.165, 1.54) is 24.3 Å². The Hall–Kier alpha value is -2.97. The summed E-state index contributed by atoms with van der Waals surface area (Å²) in [6.45, 7) is -0.985. The van der Waals surface area contributed by atoms with Crippen molar-refractivity contribution in [3.05, 3.63) is 34.4 Å². The maximum absolute atomic E-state index is 11.8. The van der Waals surface area contributed by atoms with Crippen molar-refractivity contribution in [3.8, 4) is 5.75 Å². The number of ether oxygens (including phenoxy) is 1. The minimum absolute atomic E-state index is 0.0522. The largest absolute Gasteiger partial charge is 0.477 e. The van der Waals surface area contributed by atoms with Crippen LogP contribution in [0.1, 0.15) is 0 Å². The van der Waals surface area contributed by atoms with Gasteiger partial charge in [-0.25, -0.2) is 0 Å². The van der Waals surface area contributed by atoms with Gasteiger partial charge in [-0.1, -0.05) is 12.1 Å². The van der Waals surface area contributed by atoms with Crippen molar-refractivity contribution in [2.45, 2.75) is 0 Å². The average Bonchev–Trinajstić information content (AvgIpc) is 2.43. The Kier molecular flexibility index (Phi) is 4.12. The van der Waals surface area contributed by atoms with Crippen LogP contribution >= 0.6 is 0 Å². The first kappa shape index (κ1) is 14.4. The van der Waals surface area contributed by atoms with E-state index in [1.54, 1.807) is 0 Å². The summed E-state index contributed by atoms with van der Waals surface area (Å²) < 4.78 is 5.11. The monoisotopic (exact) mass is 293 g/mol. The lowest BCUT2D eigenvalue weighted by Gasteiger charge is -2.25. The number of nitrogens with zero attached hydrogens (tertiary/aromatic N) is 2. The quantitative estimate of drug-likeness (QED) is 0.452. The molecular weight excluding hydrogens is 282 g/mol. The van der Waals surface area contributed by atoms with E-state index in [4.69, 9.17) is 4.74 Å².